The fourth-order valence-corrected chi connectivity index (χ4v) is 4.81. The Morgan fingerprint density at radius 1 is 0.824 bits per heavy atom. The van der Waals surface area contributed by atoms with Crippen LogP contribution in [0, 0.1) is 5.41 Å². The van der Waals surface area contributed by atoms with Gasteiger partial charge in [-0.05, 0) is 20.8 Å². The Morgan fingerprint density at radius 2 is 1.24 bits per heavy atom. The second kappa shape index (κ2) is 4.05. The van der Waals surface area contributed by atoms with E-state index in [1.165, 1.54) is 0 Å². The van der Waals surface area contributed by atoms with Crippen LogP contribution in [0.5, 0.6) is 0 Å². The smallest absolute Gasteiger partial charge is 0.368 e. The molecule has 0 aromatic carbocycles. The van der Waals surface area contributed by atoms with Crippen molar-refractivity contribution in [1.82, 2.24) is 0 Å². The minimum Gasteiger partial charge on any atom is -0.368 e. The van der Waals surface area contributed by atoms with Gasteiger partial charge in [-0.1, -0.05) is 41.5 Å². The summed E-state index contributed by atoms with van der Waals surface area (Å²) in [4.78, 5) is 0. The quantitative estimate of drug-likeness (QED) is 0.668. The van der Waals surface area contributed by atoms with Gasteiger partial charge in [-0.3, -0.25) is 0 Å². The minimum atomic E-state index is -2.55. The van der Waals surface area contributed by atoms with Gasteiger partial charge in [0.25, 0.3) is 0 Å². The van der Waals surface area contributed by atoms with E-state index < -0.39 is 8.80 Å². The monoisotopic (exact) mass is 260 g/mol. The standard InChI is InChI=1S/C13H28O3Si/c1-11(2,3)10-14-17(15-10,13(7,8)9)16-12(4,5)6/h10H,1-9H3. The summed E-state index contributed by atoms with van der Waals surface area (Å²) < 4.78 is 18.4. The lowest BCUT2D eigenvalue weighted by molar-refractivity contribution is -0.243. The summed E-state index contributed by atoms with van der Waals surface area (Å²) in [6.45, 7) is 18.9. The molecule has 0 saturated carbocycles. The summed E-state index contributed by atoms with van der Waals surface area (Å²) in [5.41, 5.74) is -0.231. The molecule has 0 amide bonds. The number of hydrogen-bond acceptors (Lipinski definition) is 3. The molecule has 1 saturated heterocycles. The average molecular weight is 260 g/mol. The van der Waals surface area contributed by atoms with Crippen molar-refractivity contribution in [1.29, 1.82) is 0 Å². The van der Waals surface area contributed by atoms with Crippen LogP contribution in [0.25, 0.3) is 0 Å². The van der Waals surface area contributed by atoms with E-state index in [1.807, 2.05) is 20.8 Å². The van der Waals surface area contributed by atoms with E-state index in [0.29, 0.717) is 0 Å². The topological polar surface area (TPSA) is 27.7 Å². The first-order valence-electron chi connectivity index (χ1n) is 6.33. The Morgan fingerprint density at radius 3 is 1.47 bits per heavy atom. The Hall–Kier alpha value is 0.0969. The third kappa shape index (κ3) is 3.31. The van der Waals surface area contributed by atoms with Crippen molar-refractivity contribution >= 4 is 8.80 Å². The van der Waals surface area contributed by atoms with Crippen LogP contribution in [-0.2, 0) is 13.3 Å². The predicted octanol–water partition coefficient (Wildman–Crippen LogP) is 3.96. The second-order valence-corrected chi connectivity index (χ2v) is 11.2. The molecule has 17 heavy (non-hydrogen) atoms. The summed E-state index contributed by atoms with van der Waals surface area (Å²) in [7, 11) is -2.55. The third-order valence-electron chi connectivity index (χ3n) is 2.59. The molecule has 1 fully saturated rings. The Bertz CT molecular complexity index is 275. The van der Waals surface area contributed by atoms with Crippen molar-refractivity contribution in [2.24, 2.45) is 5.41 Å². The van der Waals surface area contributed by atoms with E-state index in [4.69, 9.17) is 13.3 Å². The molecule has 0 aromatic rings. The lowest BCUT2D eigenvalue weighted by Gasteiger charge is -2.55. The third-order valence-corrected chi connectivity index (χ3v) is 6.36. The van der Waals surface area contributed by atoms with Crippen LogP contribution in [0.2, 0.25) is 5.04 Å². The van der Waals surface area contributed by atoms with Gasteiger partial charge < -0.3 is 13.3 Å². The van der Waals surface area contributed by atoms with E-state index in [1.54, 1.807) is 0 Å². The van der Waals surface area contributed by atoms with E-state index in [9.17, 15) is 0 Å². The van der Waals surface area contributed by atoms with E-state index in [0.717, 1.165) is 0 Å². The van der Waals surface area contributed by atoms with Crippen LogP contribution in [0.4, 0.5) is 0 Å². The van der Waals surface area contributed by atoms with E-state index >= 15 is 0 Å². The number of rotatable bonds is 1. The van der Waals surface area contributed by atoms with Crippen molar-refractivity contribution in [3.05, 3.63) is 0 Å². The molecule has 0 aliphatic carbocycles. The first-order chi connectivity index (χ1) is 7.27. The normalized spacial score (nSPS) is 31.2. The van der Waals surface area contributed by atoms with Crippen molar-refractivity contribution in [2.75, 3.05) is 0 Å². The van der Waals surface area contributed by atoms with Gasteiger partial charge in [0.05, 0.1) is 5.60 Å². The molecular weight excluding hydrogens is 232 g/mol. The first-order valence-corrected chi connectivity index (χ1v) is 8.05. The van der Waals surface area contributed by atoms with E-state index in [2.05, 4.69) is 41.5 Å². The largest absolute Gasteiger partial charge is 0.510 e. The van der Waals surface area contributed by atoms with Crippen LogP contribution in [0.1, 0.15) is 62.3 Å². The van der Waals surface area contributed by atoms with Gasteiger partial charge >= 0.3 is 8.80 Å². The molecule has 0 aromatic heterocycles. The van der Waals surface area contributed by atoms with Gasteiger partial charge in [-0.25, -0.2) is 0 Å². The van der Waals surface area contributed by atoms with Crippen LogP contribution in [0.15, 0.2) is 0 Å². The molecule has 0 bridgehead atoms. The fraction of sp³-hybridized carbons (Fsp3) is 1.00. The molecule has 102 valence electrons. The predicted molar refractivity (Wildman–Crippen MR) is 71.7 cm³/mol. The summed E-state index contributed by atoms with van der Waals surface area (Å²) in [6, 6.07) is 0. The molecule has 3 nitrogen and oxygen atoms in total. The Balaban J connectivity index is 2.82. The maximum Gasteiger partial charge on any atom is 0.510 e. The molecule has 1 heterocycles. The highest BCUT2D eigenvalue weighted by atomic mass is 28.4. The van der Waals surface area contributed by atoms with Crippen LogP contribution in [-0.4, -0.2) is 20.7 Å². The summed E-state index contributed by atoms with van der Waals surface area (Å²) in [5, 5.41) is -0.0813. The second-order valence-electron chi connectivity index (χ2n) is 7.95. The minimum absolute atomic E-state index is 0.00297. The molecule has 1 aliphatic heterocycles. The zero-order chi connectivity index (χ0) is 13.7. The molecule has 1 aliphatic rings. The van der Waals surface area contributed by atoms with E-state index in [-0.39, 0.29) is 22.3 Å². The molecule has 1 rings (SSSR count). The highest BCUT2D eigenvalue weighted by Gasteiger charge is 2.66. The highest BCUT2D eigenvalue weighted by Crippen LogP contribution is 2.50. The Kier molecular flexibility index (Phi) is 3.61. The maximum absolute atomic E-state index is 6.15. The SMILES string of the molecule is CC(C)(C)O[Si]1(C(C)(C)C)OC(C(C)(C)C)O1. The molecular formula is C13H28O3Si. The lowest BCUT2D eigenvalue weighted by Crippen LogP contribution is -2.70. The Labute approximate surface area is 107 Å². The summed E-state index contributed by atoms with van der Waals surface area (Å²) >= 11 is 0. The molecule has 0 N–H and O–H groups in total. The zero-order valence-corrected chi connectivity index (χ0v) is 13.8. The van der Waals surface area contributed by atoms with Gasteiger partial charge in [0.15, 0.2) is 0 Å². The molecule has 0 radical (unpaired) electrons. The van der Waals surface area contributed by atoms with Crippen molar-refractivity contribution < 1.29 is 13.3 Å². The summed E-state index contributed by atoms with van der Waals surface area (Å²) in [5.74, 6) is 0. The van der Waals surface area contributed by atoms with Gasteiger partial charge in [0.2, 0.25) is 0 Å². The zero-order valence-electron chi connectivity index (χ0n) is 12.8. The molecule has 0 unspecified atom stereocenters. The first kappa shape index (κ1) is 15.2. The van der Waals surface area contributed by atoms with Gasteiger partial charge in [0, 0.05) is 10.5 Å². The van der Waals surface area contributed by atoms with Gasteiger partial charge in [0.1, 0.15) is 6.29 Å². The average Bonchev–Trinajstić information content (AvgIpc) is 1.88. The van der Waals surface area contributed by atoms with Crippen LogP contribution in [0.3, 0.4) is 0 Å². The van der Waals surface area contributed by atoms with Crippen LogP contribution >= 0.6 is 0 Å². The van der Waals surface area contributed by atoms with Crippen molar-refractivity contribution in [3.63, 3.8) is 0 Å². The lowest BCUT2D eigenvalue weighted by atomic mass is 9.96. The summed E-state index contributed by atoms with van der Waals surface area (Å²) in [6.07, 6.45) is -0.143. The number of hydrogen-bond donors (Lipinski definition) is 0. The van der Waals surface area contributed by atoms with Gasteiger partial charge in [-0.15, -0.1) is 0 Å². The molecule has 0 spiro atoms. The maximum atomic E-state index is 6.15. The molecule has 0 atom stereocenters. The van der Waals surface area contributed by atoms with Crippen LogP contribution < -0.4 is 0 Å². The van der Waals surface area contributed by atoms with Crippen molar-refractivity contribution in [2.45, 2.75) is 79.2 Å². The molecule has 4 heteroatoms. The fourth-order valence-electron chi connectivity index (χ4n) is 1.60. The van der Waals surface area contributed by atoms with Gasteiger partial charge in [-0.2, -0.15) is 0 Å². The highest BCUT2D eigenvalue weighted by molar-refractivity contribution is 6.65. The van der Waals surface area contributed by atoms with Crippen molar-refractivity contribution in [3.8, 4) is 0 Å².